The molecule has 4 atom stereocenters. The molecular weight excluding hydrogens is 454 g/mol. The highest BCUT2D eigenvalue weighted by Gasteiger charge is 2.69. The number of hydrogen-bond acceptors (Lipinski definition) is 5. The van der Waals surface area contributed by atoms with Crippen molar-refractivity contribution in [2.45, 2.75) is 24.9 Å². The minimum Gasteiger partial charge on any atom is -0.480 e. The van der Waals surface area contributed by atoms with E-state index in [1.807, 2.05) is 62.3 Å². The van der Waals surface area contributed by atoms with Crippen LogP contribution in [0.2, 0.25) is 0 Å². The van der Waals surface area contributed by atoms with Gasteiger partial charge in [0.25, 0.3) is 0 Å². The number of aliphatic carboxylic acids is 1. The number of benzene rings is 3. The average Bonchev–Trinajstić information content (AvgIpc) is 3.39. The minimum absolute atomic E-state index is 0.387. The Labute approximate surface area is 210 Å². The van der Waals surface area contributed by atoms with Crippen molar-refractivity contribution < 1.29 is 19.5 Å². The molecule has 0 radical (unpaired) electrons. The second kappa shape index (κ2) is 8.91. The predicted molar refractivity (Wildman–Crippen MR) is 138 cm³/mol. The molecule has 2 heterocycles. The van der Waals surface area contributed by atoms with Gasteiger partial charge in [-0.25, -0.2) is 9.69 Å². The summed E-state index contributed by atoms with van der Waals surface area (Å²) >= 11 is 0. The average molecular weight is 484 g/mol. The zero-order valence-corrected chi connectivity index (χ0v) is 20.5. The minimum atomic E-state index is -1.75. The first-order valence-electron chi connectivity index (χ1n) is 12.1. The first kappa shape index (κ1) is 23.8. The molecule has 7 heteroatoms. The van der Waals surface area contributed by atoms with Crippen LogP contribution in [0, 0.1) is 11.8 Å². The van der Waals surface area contributed by atoms with Crippen LogP contribution >= 0.6 is 0 Å². The van der Waals surface area contributed by atoms with Gasteiger partial charge in [-0.2, -0.15) is 0 Å². The molecule has 0 aliphatic carbocycles. The first-order chi connectivity index (χ1) is 17.3. The molecule has 36 heavy (non-hydrogen) atoms. The van der Waals surface area contributed by atoms with Crippen LogP contribution in [0.25, 0.3) is 0 Å². The molecule has 5 rings (SSSR count). The summed E-state index contributed by atoms with van der Waals surface area (Å²) in [6.45, 7) is 2.03. The third kappa shape index (κ3) is 3.50. The number of carboxylic acid groups (broad SMARTS) is 1. The van der Waals surface area contributed by atoms with Crippen LogP contribution in [0.5, 0.6) is 0 Å². The molecule has 4 unspecified atom stereocenters. The summed E-state index contributed by atoms with van der Waals surface area (Å²) in [5, 5.41) is 13.9. The van der Waals surface area contributed by atoms with Crippen molar-refractivity contribution in [3.05, 3.63) is 95.6 Å². The molecule has 184 valence electrons. The topological polar surface area (TPSA) is 90.0 Å². The highest BCUT2D eigenvalue weighted by atomic mass is 16.4. The second-order valence-corrected chi connectivity index (χ2v) is 9.62. The molecule has 2 aliphatic heterocycles. The maximum Gasteiger partial charge on any atom is 0.329 e. The fourth-order valence-corrected chi connectivity index (χ4v) is 5.60. The predicted octanol–water partition coefficient (Wildman–Crippen LogP) is 3.75. The number of rotatable bonds is 6. The van der Waals surface area contributed by atoms with Gasteiger partial charge in [-0.3, -0.25) is 14.9 Å². The van der Waals surface area contributed by atoms with Gasteiger partial charge in [0.1, 0.15) is 0 Å². The van der Waals surface area contributed by atoms with E-state index in [9.17, 15) is 19.5 Å². The summed E-state index contributed by atoms with van der Waals surface area (Å²) in [5.74, 6) is -4.04. The standard InChI is InChI=1S/C29H29N3O4/c1-4-18-10-14-22(15-11-18)32-26(33)23-24(27(32)34)29(28(35)36,20-8-6-5-7-9-20)30-25(23)19-12-16-21(17-13-19)31(2)3/h5-17,23-25,30H,4H2,1-3H3,(H,35,36). The largest absolute Gasteiger partial charge is 0.480 e. The van der Waals surface area contributed by atoms with E-state index in [0.717, 1.165) is 23.2 Å². The quantitative estimate of drug-likeness (QED) is 0.519. The summed E-state index contributed by atoms with van der Waals surface area (Å²) in [7, 11) is 3.87. The van der Waals surface area contributed by atoms with E-state index in [0.29, 0.717) is 11.3 Å². The molecule has 0 saturated carbocycles. The molecule has 0 bridgehead atoms. The molecule has 3 aromatic rings. The van der Waals surface area contributed by atoms with Gasteiger partial charge in [0, 0.05) is 25.8 Å². The van der Waals surface area contributed by atoms with Crippen LogP contribution in [-0.4, -0.2) is 37.0 Å². The molecule has 0 aromatic heterocycles. The zero-order chi connectivity index (χ0) is 25.6. The highest BCUT2D eigenvalue weighted by molar-refractivity contribution is 6.24. The van der Waals surface area contributed by atoms with Crippen molar-refractivity contribution >= 4 is 29.2 Å². The Morgan fingerprint density at radius 3 is 2.14 bits per heavy atom. The molecule has 2 aliphatic rings. The van der Waals surface area contributed by atoms with Crippen molar-refractivity contribution in [3.8, 4) is 0 Å². The third-order valence-corrected chi connectivity index (χ3v) is 7.50. The Balaban J connectivity index is 1.66. The molecule has 2 amide bonds. The van der Waals surface area contributed by atoms with Crippen LogP contribution in [-0.2, 0) is 26.3 Å². The molecule has 2 fully saturated rings. The number of carbonyl (C=O) groups excluding carboxylic acids is 2. The summed E-state index contributed by atoms with van der Waals surface area (Å²) in [6.07, 6.45) is 0.832. The summed E-state index contributed by atoms with van der Waals surface area (Å²) in [6, 6.07) is 23.0. The fraction of sp³-hybridized carbons (Fsp3) is 0.276. The monoisotopic (exact) mass is 483 g/mol. The maximum atomic E-state index is 14.0. The maximum absolute atomic E-state index is 14.0. The van der Waals surface area contributed by atoms with Crippen molar-refractivity contribution in [2.24, 2.45) is 11.8 Å². The van der Waals surface area contributed by atoms with Gasteiger partial charge >= 0.3 is 5.97 Å². The number of aryl methyl sites for hydroxylation is 1. The SMILES string of the molecule is CCc1ccc(N2C(=O)C3C(c4ccc(N(C)C)cc4)NC(C(=O)O)(c4ccccc4)C3C2=O)cc1. The highest BCUT2D eigenvalue weighted by Crippen LogP contribution is 2.53. The van der Waals surface area contributed by atoms with Gasteiger partial charge in [0.15, 0.2) is 5.54 Å². The number of imide groups is 1. The lowest BCUT2D eigenvalue weighted by molar-refractivity contribution is -0.149. The Kier molecular flexibility index (Phi) is 5.88. The van der Waals surface area contributed by atoms with Gasteiger partial charge in [-0.15, -0.1) is 0 Å². The summed E-state index contributed by atoms with van der Waals surface area (Å²) in [5.41, 5.74) is 1.99. The number of fused-ring (bicyclic) bond motifs is 1. The van der Waals surface area contributed by atoms with Gasteiger partial charge in [0.05, 0.1) is 17.5 Å². The van der Waals surface area contributed by atoms with Gasteiger partial charge in [-0.1, -0.05) is 61.5 Å². The smallest absolute Gasteiger partial charge is 0.329 e. The van der Waals surface area contributed by atoms with Crippen LogP contribution in [0.1, 0.15) is 29.7 Å². The Bertz CT molecular complexity index is 1300. The number of anilines is 2. The van der Waals surface area contributed by atoms with E-state index in [-0.39, 0.29) is 5.91 Å². The van der Waals surface area contributed by atoms with E-state index in [4.69, 9.17) is 0 Å². The van der Waals surface area contributed by atoms with Crippen LogP contribution in [0.15, 0.2) is 78.9 Å². The molecule has 2 N–H and O–H groups in total. The molecule has 7 nitrogen and oxygen atoms in total. The van der Waals surface area contributed by atoms with Crippen LogP contribution in [0.3, 0.4) is 0 Å². The number of amides is 2. The third-order valence-electron chi connectivity index (χ3n) is 7.50. The molecular formula is C29H29N3O4. The van der Waals surface area contributed by atoms with E-state index >= 15 is 0 Å². The lowest BCUT2D eigenvalue weighted by Crippen LogP contribution is -2.53. The molecule has 0 spiro atoms. The number of nitrogens with zero attached hydrogens (tertiary/aromatic N) is 2. The van der Waals surface area contributed by atoms with E-state index in [1.165, 1.54) is 4.90 Å². The zero-order valence-electron chi connectivity index (χ0n) is 20.5. The van der Waals surface area contributed by atoms with Crippen molar-refractivity contribution in [2.75, 3.05) is 23.9 Å². The van der Waals surface area contributed by atoms with E-state index < -0.39 is 35.3 Å². The Morgan fingerprint density at radius 1 is 0.944 bits per heavy atom. The van der Waals surface area contributed by atoms with E-state index in [2.05, 4.69) is 5.32 Å². The molecule has 3 aromatic carbocycles. The summed E-state index contributed by atoms with van der Waals surface area (Å²) < 4.78 is 0. The lowest BCUT2D eigenvalue weighted by Gasteiger charge is -2.31. The number of carbonyl (C=O) groups is 3. The summed E-state index contributed by atoms with van der Waals surface area (Å²) in [4.78, 5) is 44.0. The van der Waals surface area contributed by atoms with Crippen LogP contribution < -0.4 is 15.1 Å². The van der Waals surface area contributed by atoms with Crippen molar-refractivity contribution in [1.82, 2.24) is 5.32 Å². The van der Waals surface area contributed by atoms with Gasteiger partial charge < -0.3 is 10.0 Å². The Morgan fingerprint density at radius 2 is 1.58 bits per heavy atom. The van der Waals surface area contributed by atoms with Crippen LogP contribution in [0.4, 0.5) is 11.4 Å². The lowest BCUT2D eigenvalue weighted by atomic mass is 9.75. The van der Waals surface area contributed by atoms with Crippen molar-refractivity contribution in [3.63, 3.8) is 0 Å². The van der Waals surface area contributed by atoms with Crippen molar-refractivity contribution in [1.29, 1.82) is 0 Å². The normalized spacial score (nSPS) is 25.2. The number of carboxylic acids is 1. The first-order valence-corrected chi connectivity index (χ1v) is 12.1. The van der Waals surface area contributed by atoms with E-state index in [1.54, 1.807) is 42.5 Å². The van der Waals surface area contributed by atoms with Gasteiger partial charge in [-0.05, 0) is 47.4 Å². The Hall–Kier alpha value is -3.97. The second-order valence-electron chi connectivity index (χ2n) is 9.62. The number of nitrogens with one attached hydrogen (secondary N) is 1. The fourth-order valence-electron chi connectivity index (χ4n) is 5.60. The molecule has 2 saturated heterocycles. The number of hydrogen-bond donors (Lipinski definition) is 2. The van der Waals surface area contributed by atoms with Gasteiger partial charge in [0.2, 0.25) is 11.8 Å².